The highest BCUT2D eigenvalue weighted by Crippen LogP contribution is 2.35. The minimum absolute atomic E-state index is 0.120. The molecule has 0 bridgehead atoms. The lowest BCUT2D eigenvalue weighted by molar-refractivity contribution is -0.121. The number of nitrogens with one attached hydrogen (secondary N) is 2. The van der Waals surface area contributed by atoms with E-state index in [-0.39, 0.29) is 24.3 Å². The summed E-state index contributed by atoms with van der Waals surface area (Å²) in [5, 5.41) is 5.77. The zero-order chi connectivity index (χ0) is 24.9. The van der Waals surface area contributed by atoms with Gasteiger partial charge in [0.1, 0.15) is 0 Å². The minimum atomic E-state index is -0.903. The standard InChI is InChI=1S/C28H29N3O4/c1-18(2)26(32)30-23-11-7-8-21(16-23)25-24(27(33)29-22-9-5-4-6-10-22)31(28(34)35-25)17-20-14-12-19(3)13-15-20/h4-16,18,24-25H,17H2,1-3H3,(H,29,33)(H,30,32). The Balaban J connectivity index is 1.65. The molecule has 1 heterocycles. The van der Waals surface area contributed by atoms with E-state index in [1.165, 1.54) is 4.90 Å². The average Bonchev–Trinajstić information content (AvgIpc) is 3.17. The van der Waals surface area contributed by atoms with Crippen LogP contribution < -0.4 is 10.6 Å². The van der Waals surface area contributed by atoms with Crippen molar-refractivity contribution in [1.82, 2.24) is 4.90 Å². The number of aryl methyl sites for hydroxylation is 1. The molecule has 0 aliphatic carbocycles. The maximum Gasteiger partial charge on any atom is 0.411 e. The third kappa shape index (κ3) is 5.69. The molecule has 3 aromatic carbocycles. The highest BCUT2D eigenvalue weighted by Gasteiger charge is 2.47. The summed E-state index contributed by atoms with van der Waals surface area (Å²) in [4.78, 5) is 40.1. The van der Waals surface area contributed by atoms with Crippen molar-refractivity contribution in [3.8, 4) is 0 Å². The number of ether oxygens (including phenoxy) is 1. The molecule has 4 rings (SSSR count). The summed E-state index contributed by atoms with van der Waals surface area (Å²) in [7, 11) is 0. The van der Waals surface area contributed by atoms with Gasteiger partial charge in [0.05, 0.1) is 6.54 Å². The Morgan fingerprint density at radius 1 is 0.914 bits per heavy atom. The molecule has 1 aliphatic rings. The Labute approximate surface area is 205 Å². The first-order valence-electron chi connectivity index (χ1n) is 11.6. The second-order valence-corrected chi connectivity index (χ2v) is 8.99. The fourth-order valence-electron chi connectivity index (χ4n) is 3.92. The fraction of sp³-hybridized carbons (Fsp3) is 0.250. The van der Waals surface area contributed by atoms with Gasteiger partial charge < -0.3 is 15.4 Å². The average molecular weight is 472 g/mol. The number of benzene rings is 3. The molecule has 1 fully saturated rings. The van der Waals surface area contributed by atoms with Crippen molar-refractivity contribution in [2.45, 2.75) is 39.5 Å². The van der Waals surface area contributed by atoms with Gasteiger partial charge in [-0.2, -0.15) is 0 Å². The number of cyclic esters (lactones) is 1. The van der Waals surface area contributed by atoms with E-state index in [1.807, 2.05) is 63.2 Å². The molecule has 0 saturated carbocycles. The molecule has 3 amide bonds. The van der Waals surface area contributed by atoms with Gasteiger partial charge in [-0.1, -0.05) is 74.0 Å². The van der Waals surface area contributed by atoms with E-state index < -0.39 is 18.2 Å². The number of carbonyl (C=O) groups excluding carboxylic acids is 3. The first kappa shape index (κ1) is 24.0. The molecule has 0 aromatic heterocycles. The molecule has 0 radical (unpaired) electrons. The molecule has 2 N–H and O–H groups in total. The SMILES string of the molecule is Cc1ccc(CN2C(=O)OC(c3cccc(NC(=O)C(C)C)c3)C2C(=O)Nc2ccccc2)cc1. The molecular weight excluding hydrogens is 442 g/mol. The smallest absolute Gasteiger partial charge is 0.411 e. The van der Waals surface area contributed by atoms with Gasteiger partial charge >= 0.3 is 6.09 Å². The lowest BCUT2D eigenvalue weighted by Gasteiger charge is -2.24. The van der Waals surface area contributed by atoms with Crippen LogP contribution in [0.5, 0.6) is 0 Å². The van der Waals surface area contributed by atoms with E-state index in [2.05, 4.69) is 10.6 Å². The number of anilines is 2. The van der Waals surface area contributed by atoms with Crippen molar-refractivity contribution in [3.63, 3.8) is 0 Å². The third-order valence-corrected chi connectivity index (χ3v) is 5.88. The number of hydrogen-bond acceptors (Lipinski definition) is 4. The largest absolute Gasteiger partial charge is 0.438 e. The predicted octanol–water partition coefficient (Wildman–Crippen LogP) is 5.29. The Morgan fingerprint density at radius 2 is 1.60 bits per heavy atom. The first-order valence-corrected chi connectivity index (χ1v) is 11.6. The zero-order valence-corrected chi connectivity index (χ0v) is 20.0. The lowest BCUT2D eigenvalue weighted by atomic mass is 9.99. The van der Waals surface area contributed by atoms with Crippen LogP contribution in [0.1, 0.15) is 36.6 Å². The van der Waals surface area contributed by atoms with E-state index >= 15 is 0 Å². The summed E-state index contributed by atoms with van der Waals surface area (Å²) < 4.78 is 5.75. The second-order valence-electron chi connectivity index (χ2n) is 8.99. The van der Waals surface area contributed by atoms with Gasteiger partial charge in [0, 0.05) is 17.3 Å². The van der Waals surface area contributed by atoms with Gasteiger partial charge in [-0.25, -0.2) is 4.79 Å². The van der Waals surface area contributed by atoms with Crippen molar-refractivity contribution in [2.24, 2.45) is 5.92 Å². The molecule has 1 saturated heterocycles. The van der Waals surface area contributed by atoms with Crippen molar-refractivity contribution in [2.75, 3.05) is 10.6 Å². The van der Waals surface area contributed by atoms with Crippen LogP contribution in [0.25, 0.3) is 0 Å². The maximum absolute atomic E-state index is 13.5. The van der Waals surface area contributed by atoms with E-state index in [4.69, 9.17) is 4.74 Å². The lowest BCUT2D eigenvalue weighted by Crippen LogP contribution is -2.43. The van der Waals surface area contributed by atoms with Crippen molar-refractivity contribution >= 4 is 29.3 Å². The number of hydrogen-bond donors (Lipinski definition) is 2. The summed E-state index contributed by atoms with van der Waals surface area (Å²) in [6, 6.07) is 23.1. The molecule has 2 atom stereocenters. The third-order valence-electron chi connectivity index (χ3n) is 5.88. The second kappa shape index (κ2) is 10.4. The fourth-order valence-corrected chi connectivity index (χ4v) is 3.92. The quantitative estimate of drug-likeness (QED) is 0.490. The van der Waals surface area contributed by atoms with Gasteiger partial charge in [-0.15, -0.1) is 0 Å². The Kier molecular flexibility index (Phi) is 7.15. The summed E-state index contributed by atoms with van der Waals surface area (Å²) in [6.07, 6.45) is -1.41. The van der Waals surface area contributed by atoms with E-state index in [9.17, 15) is 14.4 Å². The number of nitrogens with zero attached hydrogens (tertiary/aromatic N) is 1. The van der Waals surface area contributed by atoms with Crippen molar-refractivity contribution in [3.05, 3.63) is 95.6 Å². The minimum Gasteiger partial charge on any atom is -0.438 e. The van der Waals surface area contributed by atoms with Gasteiger partial charge in [0.15, 0.2) is 12.1 Å². The van der Waals surface area contributed by atoms with Gasteiger partial charge in [-0.05, 0) is 42.3 Å². The van der Waals surface area contributed by atoms with Crippen LogP contribution in [-0.2, 0) is 20.9 Å². The summed E-state index contributed by atoms with van der Waals surface area (Å²) in [5.41, 5.74) is 3.83. The van der Waals surface area contributed by atoms with Crippen LogP contribution in [0, 0.1) is 12.8 Å². The van der Waals surface area contributed by atoms with Gasteiger partial charge in [0.25, 0.3) is 5.91 Å². The number of amides is 3. The molecule has 35 heavy (non-hydrogen) atoms. The molecule has 1 aliphatic heterocycles. The van der Waals surface area contributed by atoms with Crippen molar-refractivity contribution < 1.29 is 19.1 Å². The molecule has 7 nitrogen and oxygen atoms in total. The number of carbonyl (C=O) groups is 3. The number of para-hydroxylation sites is 1. The predicted molar refractivity (Wildman–Crippen MR) is 135 cm³/mol. The van der Waals surface area contributed by atoms with Crippen LogP contribution in [0.2, 0.25) is 0 Å². The Morgan fingerprint density at radius 3 is 2.29 bits per heavy atom. The van der Waals surface area contributed by atoms with E-state index in [1.54, 1.807) is 36.4 Å². The van der Waals surface area contributed by atoms with E-state index in [0.717, 1.165) is 11.1 Å². The molecule has 180 valence electrons. The molecule has 0 spiro atoms. The highest BCUT2D eigenvalue weighted by atomic mass is 16.6. The summed E-state index contributed by atoms with van der Waals surface area (Å²) >= 11 is 0. The summed E-state index contributed by atoms with van der Waals surface area (Å²) in [6.45, 7) is 5.84. The van der Waals surface area contributed by atoms with Gasteiger partial charge in [0.2, 0.25) is 5.91 Å². The molecule has 2 unspecified atom stereocenters. The number of rotatable bonds is 7. The first-order chi connectivity index (χ1) is 16.8. The Bertz CT molecular complexity index is 1210. The van der Waals surface area contributed by atoms with Crippen molar-refractivity contribution in [1.29, 1.82) is 0 Å². The normalized spacial score (nSPS) is 17.3. The van der Waals surface area contributed by atoms with E-state index in [0.29, 0.717) is 16.9 Å². The topological polar surface area (TPSA) is 87.7 Å². The monoisotopic (exact) mass is 471 g/mol. The molecule has 7 heteroatoms. The van der Waals surface area contributed by atoms with Crippen LogP contribution >= 0.6 is 0 Å². The molecule has 3 aromatic rings. The summed E-state index contributed by atoms with van der Waals surface area (Å²) in [5.74, 6) is -0.655. The molecular formula is C28H29N3O4. The van der Waals surface area contributed by atoms with Gasteiger partial charge in [-0.3, -0.25) is 14.5 Å². The van der Waals surface area contributed by atoms with Crippen LogP contribution in [0.15, 0.2) is 78.9 Å². The zero-order valence-electron chi connectivity index (χ0n) is 20.0. The Hall–Kier alpha value is -4.13. The highest BCUT2D eigenvalue weighted by molar-refractivity contribution is 5.98. The van der Waals surface area contributed by atoms with Crippen LogP contribution in [-0.4, -0.2) is 28.8 Å². The maximum atomic E-state index is 13.5. The van der Waals surface area contributed by atoms with Crippen LogP contribution in [0.4, 0.5) is 16.2 Å². The van der Waals surface area contributed by atoms with Crippen LogP contribution in [0.3, 0.4) is 0 Å².